The Bertz CT molecular complexity index is 1250. The maximum Gasteiger partial charge on any atom is 0.251 e. The van der Waals surface area contributed by atoms with Crippen LogP contribution in [-0.4, -0.2) is 76.4 Å². The zero-order chi connectivity index (χ0) is 29.9. The lowest BCUT2D eigenvalue weighted by Crippen LogP contribution is -2.58. The van der Waals surface area contributed by atoms with E-state index in [9.17, 15) is 14.4 Å². The zero-order valence-corrected chi connectivity index (χ0v) is 25.2. The van der Waals surface area contributed by atoms with Gasteiger partial charge in [-0.05, 0) is 49.0 Å². The van der Waals surface area contributed by atoms with Crippen molar-refractivity contribution in [2.24, 2.45) is 22.2 Å². The smallest absolute Gasteiger partial charge is 0.251 e. The molecule has 4 fully saturated rings. The summed E-state index contributed by atoms with van der Waals surface area (Å²) < 4.78 is 6.43. The van der Waals surface area contributed by atoms with Crippen LogP contribution in [-0.2, 0) is 24.0 Å². The number of nitrogens with two attached hydrogens (primary N) is 1. The minimum Gasteiger partial charge on any atom is -0.387 e. The van der Waals surface area contributed by atoms with Crippen LogP contribution in [0, 0.1) is 11.3 Å². The normalized spacial score (nSPS) is 31.5. The summed E-state index contributed by atoms with van der Waals surface area (Å²) in [6.07, 6.45) is 5.24. The molecule has 1 aromatic carbocycles. The van der Waals surface area contributed by atoms with Gasteiger partial charge in [0.2, 0.25) is 11.8 Å². The van der Waals surface area contributed by atoms with E-state index in [1.54, 1.807) is 4.90 Å². The first kappa shape index (κ1) is 29.1. The molecular formula is C32H45N5O5. The molecule has 1 saturated heterocycles. The van der Waals surface area contributed by atoms with Gasteiger partial charge >= 0.3 is 0 Å². The Hall–Kier alpha value is -2.98. The van der Waals surface area contributed by atoms with Crippen molar-refractivity contribution in [1.29, 1.82) is 0 Å². The molecule has 0 bridgehead atoms. The molecule has 228 valence electrons. The summed E-state index contributed by atoms with van der Waals surface area (Å²) in [4.78, 5) is 49.0. The monoisotopic (exact) mass is 579 g/mol. The molecule has 10 heteroatoms. The zero-order valence-electron chi connectivity index (χ0n) is 25.2. The molecule has 6 rings (SSSR count). The minimum absolute atomic E-state index is 0.159. The highest BCUT2D eigenvalue weighted by molar-refractivity contribution is 6.02. The van der Waals surface area contributed by atoms with Crippen molar-refractivity contribution in [3.8, 4) is 0 Å². The predicted octanol–water partition coefficient (Wildman–Crippen LogP) is 2.64. The van der Waals surface area contributed by atoms with Crippen molar-refractivity contribution in [1.82, 2.24) is 15.5 Å². The van der Waals surface area contributed by atoms with Crippen LogP contribution >= 0.6 is 0 Å². The summed E-state index contributed by atoms with van der Waals surface area (Å²) >= 11 is 0. The topological polar surface area (TPSA) is 135 Å². The third-order valence-corrected chi connectivity index (χ3v) is 9.58. The van der Waals surface area contributed by atoms with E-state index in [-0.39, 0.29) is 42.3 Å². The third kappa shape index (κ3) is 5.80. The Morgan fingerprint density at radius 3 is 2.45 bits per heavy atom. The van der Waals surface area contributed by atoms with E-state index in [0.717, 1.165) is 43.4 Å². The van der Waals surface area contributed by atoms with Gasteiger partial charge in [-0.15, -0.1) is 0 Å². The van der Waals surface area contributed by atoms with Crippen LogP contribution in [0.5, 0.6) is 0 Å². The molecule has 0 aromatic heterocycles. The molecule has 2 aliphatic heterocycles. The molecule has 1 spiro atoms. The molecule has 10 nitrogen and oxygen atoms in total. The number of nitrogens with one attached hydrogen (secondary N) is 2. The van der Waals surface area contributed by atoms with Crippen molar-refractivity contribution < 1.29 is 24.0 Å². The van der Waals surface area contributed by atoms with Gasteiger partial charge in [-0.3, -0.25) is 14.4 Å². The number of hydrogen-bond acceptors (Lipinski definition) is 7. The van der Waals surface area contributed by atoms with Crippen molar-refractivity contribution in [3.05, 3.63) is 35.9 Å². The third-order valence-electron chi connectivity index (χ3n) is 9.58. The summed E-state index contributed by atoms with van der Waals surface area (Å²) in [7, 11) is 0. The van der Waals surface area contributed by atoms with Gasteiger partial charge in [-0.25, -0.2) is 0 Å². The lowest BCUT2D eigenvalue weighted by molar-refractivity contribution is -0.144. The number of hydrogen-bond donors (Lipinski definition) is 3. The number of carbonyl (C=O) groups excluding carboxylic acids is 3. The molecule has 42 heavy (non-hydrogen) atoms. The van der Waals surface area contributed by atoms with Crippen LogP contribution in [0.1, 0.15) is 84.6 Å². The van der Waals surface area contributed by atoms with Gasteiger partial charge in [-0.2, -0.15) is 0 Å². The van der Waals surface area contributed by atoms with Crippen LogP contribution in [0.15, 0.2) is 35.5 Å². The van der Waals surface area contributed by atoms with Crippen molar-refractivity contribution in [2.45, 2.75) is 121 Å². The molecule has 2 heterocycles. The van der Waals surface area contributed by atoms with Crippen molar-refractivity contribution in [2.75, 3.05) is 6.54 Å². The SMILES string of the molecule is CCC[C@H](NC(=O)[C@@H]1C[C@]2(CC(c3ccccc3)=NO2)CN1C(=O)[C@@H](N)C(C)(C)C)C(OC12CC1C2)C(=O)NC1CC1. The molecule has 1 unspecified atom stereocenters. The number of likely N-dealkylation sites (tertiary alicyclic amines) is 1. The van der Waals surface area contributed by atoms with Crippen molar-refractivity contribution in [3.63, 3.8) is 0 Å². The molecule has 5 atom stereocenters. The number of ether oxygens (including phenoxy) is 1. The van der Waals surface area contributed by atoms with Crippen LogP contribution in [0.2, 0.25) is 0 Å². The number of fused-ring (bicyclic) bond motifs is 1. The molecule has 3 aliphatic carbocycles. The maximum atomic E-state index is 14.1. The number of carbonyl (C=O) groups is 3. The lowest BCUT2D eigenvalue weighted by Gasteiger charge is -2.34. The first-order chi connectivity index (χ1) is 19.9. The van der Waals surface area contributed by atoms with Gasteiger partial charge in [-0.1, -0.05) is 69.6 Å². The second-order valence-electron chi connectivity index (χ2n) is 14.3. The van der Waals surface area contributed by atoms with E-state index in [0.29, 0.717) is 18.8 Å². The van der Waals surface area contributed by atoms with Crippen molar-refractivity contribution >= 4 is 23.4 Å². The fourth-order valence-electron chi connectivity index (χ4n) is 6.28. The summed E-state index contributed by atoms with van der Waals surface area (Å²) in [5.41, 5.74) is 6.68. The minimum atomic E-state index is -0.825. The Morgan fingerprint density at radius 1 is 1.17 bits per heavy atom. The summed E-state index contributed by atoms with van der Waals surface area (Å²) in [5, 5.41) is 10.6. The Morgan fingerprint density at radius 2 is 1.86 bits per heavy atom. The highest BCUT2D eigenvalue weighted by Gasteiger charge is 2.72. The second-order valence-corrected chi connectivity index (χ2v) is 14.3. The fraction of sp³-hybridized carbons (Fsp3) is 0.688. The van der Waals surface area contributed by atoms with Crippen LogP contribution in [0.4, 0.5) is 0 Å². The van der Waals surface area contributed by atoms with Gasteiger partial charge in [0.15, 0.2) is 11.7 Å². The first-order valence-corrected chi connectivity index (χ1v) is 15.6. The van der Waals surface area contributed by atoms with E-state index >= 15 is 0 Å². The molecule has 5 aliphatic rings. The number of amides is 3. The highest BCUT2D eigenvalue weighted by atomic mass is 16.7. The van der Waals surface area contributed by atoms with Gasteiger partial charge in [0.1, 0.15) is 6.04 Å². The van der Waals surface area contributed by atoms with Gasteiger partial charge in [0.25, 0.3) is 5.91 Å². The largest absolute Gasteiger partial charge is 0.387 e. The van der Waals surface area contributed by atoms with Crippen LogP contribution in [0.25, 0.3) is 0 Å². The Kier molecular flexibility index (Phi) is 7.37. The Balaban J connectivity index is 1.23. The average molecular weight is 580 g/mol. The van der Waals surface area contributed by atoms with Crippen LogP contribution < -0.4 is 16.4 Å². The molecule has 4 N–H and O–H groups in total. The van der Waals surface area contributed by atoms with Crippen LogP contribution in [0.3, 0.4) is 0 Å². The quantitative estimate of drug-likeness (QED) is 0.369. The number of benzene rings is 1. The molecule has 0 radical (unpaired) electrons. The first-order valence-electron chi connectivity index (χ1n) is 15.6. The van der Waals surface area contributed by atoms with E-state index in [1.807, 2.05) is 58.0 Å². The van der Waals surface area contributed by atoms with E-state index in [4.69, 9.17) is 15.3 Å². The molecule has 1 aromatic rings. The average Bonchev–Trinajstić information content (AvgIpc) is 3.90. The number of nitrogens with zero attached hydrogens (tertiary/aromatic N) is 2. The Labute approximate surface area is 248 Å². The predicted molar refractivity (Wildman–Crippen MR) is 157 cm³/mol. The molecular weight excluding hydrogens is 534 g/mol. The van der Waals surface area contributed by atoms with E-state index < -0.39 is 35.2 Å². The lowest BCUT2D eigenvalue weighted by atomic mass is 9.86. The summed E-state index contributed by atoms with van der Waals surface area (Å²) in [6, 6.07) is 7.86. The van der Waals surface area contributed by atoms with Gasteiger partial charge in [0, 0.05) is 18.9 Å². The van der Waals surface area contributed by atoms with Gasteiger partial charge in [0.05, 0.1) is 29.9 Å². The highest BCUT2D eigenvalue weighted by Crippen LogP contribution is 2.70. The standard InChI is InChI=1S/C32H45N5O5/c1-5-9-22(25(28(39)34-21-12-13-21)41-32-14-20(32)15-32)35-27(38)24-17-31(18-37(24)29(40)26(33)30(2,3)4)16-23(36-42-31)19-10-7-6-8-11-19/h6-8,10-11,20-22,24-26H,5,9,12-18,33H2,1-4H3,(H,34,39)(H,35,38)/t20?,22-,24-,25?,26+,31+,32?/m0/s1. The molecule has 3 amide bonds. The summed E-state index contributed by atoms with van der Waals surface area (Å²) in [6.45, 7) is 7.98. The number of oxime groups is 1. The van der Waals surface area contributed by atoms with Gasteiger partial charge < -0.3 is 30.8 Å². The second kappa shape index (κ2) is 10.6. The maximum absolute atomic E-state index is 14.1. The van der Waals surface area contributed by atoms with E-state index in [1.165, 1.54) is 0 Å². The van der Waals surface area contributed by atoms with E-state index in [2.05, 4.69) is 15.8 Å². The summed E-state index contributed by atoms with van der Waals surface area (Å²) in [5.74, 6) is -0.231. The molecule has 3 saturated carbocycles. The fourth-order valence-corrected chi connectivity index (χ4v) is 6.28. The number of rotatable bonds is 11.